The molecule has 1 atom stereocenters. The minimum Gasteiger partial charge on any atom is -0.340 e. The third-order valence-corrected chi connectivity index (χ3v) is 6.04. The van der Waals surface area contributed by atoms with Gasteiger partial charge in [-0.2, -0.15) is 5.10 Å². The van der Waals surface area contributed by atoms with Gasteiger partial charge < -0.3 is 9.47 Å². The van der Waals surface area contributed by atoms with E-state index in [4.69, 9.17) is 0 Å². The molecule has 3 heterocycles. The van der Waals surface area contributed by atoms with E-state index in [-0.39, 0.29) is 11.8 Å². The third-order valence-electron chi connectivity index (χ3n) is 6.04. The predicted molar refractivity (Wildman–Crippen MR) is 115 cm³/mol. The summed E-state index contributed by atoms with van der Waals surface area (Å²) in [4.78, 5) is 15.3. The van der Waals surface area contributed by atoms with Crippen molar-refractivity contribution < 1.29 is 4.79 Å². The summed E-state index contributed by atoms with van der Waals surface area (Å²) in [6.45, 7) is 1.51. The Morgan fingerprint density at radius 3 is 2.72 bits per heavy atom. The molecule has 1 aliphatic rings. The molecular weight excluding hydrogens is 360 g/mol. The van der Waals surface area contributed by atoms with Gasteiger partial charge >= 0.3 is 0 Å². The molecule has 2 aromatic carbocycles. The standard InChI is InChI=1S/C24H24N4O/c1-27-21-12-6-5-10-18(21)14-22(27)24(29)28-13-7-11-19(16-28)23-20(15-25-26-23)17-8-3-2-4-9-17/h2-6,8-10,12,14-15,19H,7,11,13,16H2,1H3,(H,25,26)/t19-/m1/s1. The number of aromatic nitrogens is 3. The van der Waals surface area contributed by atoms with Crippen LogP contribution in [0.15, 0.2) is 66.9 Å². The lowest BCUT2D eigenvalue weighted by Gasteiger charge is -2.33. The zero-order valence-corrected chi connectivity index (χ0v) is 16.5. The summed E-state index contributed by atoms with van der Waals surface area (Å²) in [5, 5.41) is 8.63. The predicted octanol–water partition coefficient (Wildman–Crippen LogP) is 4.59. The highest BCUT2D eigenvalue weighted by atomic mass is 16.2. The van der Waals surface area contributed by atoms with Crippen LogP contribution in [-0.4, -0.2) is 38.7 Å². The van der Waals surface area contributed by atoms with Crippen LogP contribution in [0.2, 0.25) is 0 Å². The zero-order valence-electron chi connectivity index (χ0n) is 16.5. The van der Waals surface area contributed by atoms with E-state index in [0.717, 1.165) is 52.8 Å². The number of H-pyrrole nitrogens is 1. The van der Waals surface area contributed by atoms with Crippen LogP contribution >= 0.6 is 0 Å². The summed E-state index contributed by atoms with van der Waals surface area (Å²) in [7, 11) is 1.97. The largest absolute Gasteiger partial charge is 0.340 e. The lowest BCUT2D eigenvalue weighted by atomic mass is 9.90. The minimum absolute atomic E-state index is 0.106. The first-order chi connectivity index (χ1) is 14.2. The number of benzene rings is 2. The summed E-state index contributed by atoms with van der Waals surface area (Å²) in [5.41, 5.74) is 5.26. The number of para-hydroxylation sites is 1. The molecular formula is C24H24N4O. The molecule has 146 valence electrons. The fourth-order valence-corrected chi connectivity index (χ4v) is 4.51. The molecule has 0 saturated carbocycles. The van der Waals surface area contributed by atoms with Crippen molar-refractivity contribution in [1.82, 2.24) is 19.7 Å². The average Bonchev–Trinajstić information content (AvgIpc) is 3.39. The topological polar surface area (TPSA) is 53.9 Å². The van der Waals surface area contributed by atoms with E-state index < -0.39 is 0 Å². The number of aromatic amines is 1. The number of piperidine rings is 1. The van der Waals surface area contributed by atoms with Crippen molar-refractivity contribution >= 4 is 16.8 Å². The van der Waals surface area contributed by atoms with Crippen LogP contribution in [0.25, 0.3) is 22.0 Å². The Morgan fingerprint density at radius 2 is 1.90 bits per heavy atom. The van der Waals surface area contributed by atoms with Crippen LogP contribution in [0, 0.1) is 0 Å². The number of nitrogens with one attached hydrogen (secondary N) is 1. The van der Waals surface area contributed by atoms with Crippen LogP contribution in [0.4, 0.5) is 0 Å². The molecule has 29 heavy (non-hydrogen) atoms. The van der Waals surface area contributed by atoms with E-state index in [0.29, 0.717) is 6.54 Å². The van der Waals surface area contributed by atoms with E-state index in [1.807, 2.05) is 59.1 Å². The maximum absolute atomic E-state index is 13.3. The molecule has 1 fully saturated rings. The summed E-state index contributed by atoms with van der Waals surface area (Å²) in [6, 6.07) is 20.5. The molecule has 2 aromatic heterocycles. The number of hydrogen-bond acceptors (Lipinski definition) is 2. The highest BCUT2D eigenvalue weighted by Gasteiger charge is 2.29. The SMILES string of the molecule is Cn1c(C(=O)N2CCC[C@@H](c3[nH]ncc3-c3ccccc3)C2)cc2ccccc21. The molecule has 5 rings (SSSR count). The van der Waals surface area contributed by atoms with Crippen molar-refractivity contribution in [3.05, 3.63) is 78.2 Å². The summed E-state index contributed by atoms with van der Waals surface area (Å²) in [5.74, 6) is 0.370. The van der Waals surface area contributed by atoms with Crippen molar-refractivity contribution in [2.24, 2.45) is 7.05 Å². The van der Waals surface area contributed by atoms with Gasteiger partial charge in [-0.15, -0.1) is 0 Å². The molecule has 1 amide bonds. The zero-order chi connectivity index (χ0) is 19.8. The number of amides is 1. The molecule has 5 heteroatoms. The van der Waals surface area contributed by atoms with Crippen molar-refractivity contribution in [3.8, 4) is 11.1 Å². The number of carbonyl (C=O) groups excluding carboxylic acids is 1. The van der Waals surface area contributed by atoms with Crippen molar-refractivity contribution in [2.75, 3.05) is 13.1 Å². The lowest BCUT2D eigenvalue weighted by molar-refractivity contribution is 0.0697. The molecule has 0 aliphatic carbocycles. The molecule has 0 unspecified atom stereocenters. The van der Waals surface area contributed by atoms with Crippen molar-refractivity contribution in [3.63, 3.8) is 0 Å². The number of nitrogens with zero attached hydrogens (tertiary/aromatic N) is 3. The van der Waals surface area contributed by atoms with Gasteiger partial charge in [-0.3, -0.25) is 9.89 Å². The van der Waals surface area contributed by atoms with Crippen LogP contribution in [-0.2, 0) is 7.05 Å². The Kier molecular flexibility index (Phi) is 4.43. The number of likely N-dealkylation sites (tertiary alicyclic amines) is 1. The van der Waals surface area contributed by atoms with Gasteiger partial charge in [0.1, 0.15) is 5.69 Å². The highest BCUT2D eigenvalue weighted by Crippen LogP contribution is 2.33. The van der Waals surface area contributed by atoms with E-state index >= 15 is 0 Å². The number of carbonyl (C=O) groups is 1. The summed E-state index contributed by atoms with van der Waals surface area (Å²) in [6.07, 6.45) is 3.95. The molecule has 1 N–H and O–H groups in total. The van der Waals surface area contributed by atoms with Gasteiger partial charge in [0.15, 0.2) is 0 Å². The van der Waals surface area contributed by atoms with Crippen LogP contribution < -0.4 is 0 Å². The lowest BCUT2D eigenvalue weighted by Crippen LogP contribution is -2.40. The monoisotopic (exact) mass is 384 g/mol. The van der Waals surface area contributed by atoms with Crippen LogP contribution in [0.1, 0.15) is 34.9 Å². The molecule has 1 aliphatic heterocycles. The quantitative estimate of drug-likeness (QED) is 0.562. The number of aryl methyl sites for hydroxylation is 1. The molecule has 0 spiro atoms. The second kappa shape index (κ2) is 7.24. The van der Waals surface area contributed by atoms with Gasteiger partial charge in [0.25, 0.3) is 5.91 Å². The number of fused-ring (bicyclic) bond motifs is 1. The highest BCUT2D eigenvalue weighted by molar-refractivity contribution is 5.98. The second-order valence-corrected chi connectivity index (χ2v) is 7.80. The van der Waals surface area contributed by atoms with Gasteiger partial charge in [-0.25, -0.2) is 0 Å². The molecule has 0 bridgehead atoms. The molecule has 0 radical (unpaired) electrons. The average molecular weight is 384 g/mol. The van der Waals surface area contributed by atoms with E-state index in [2.05, 4.69) is 34.5 Å². The number of rotatable bonds is 3. The van der Waals surface area contributed by atoms with Gasteiger partial charge in [-0.05, 0) is 30.5 Å². The van der Waals surface area contributed by atoms with Crippen molar-refractivity contribution in [2.45, 2.75) is 18.8 Å². The Labute approximate surface area is 170 Å². The third kappa shape index (κ3) is 3.12. The summed E-state index contributed by atoms with van der Waals surface area (Å²) < 4.78 is 2.01. The van der Waals surface area contributed by atoms with E-state index in [1.165, 1.54) is 0 Å². The first kappa shape index (κ1) is 17.7. The molecule has 4 aromatic rings. The normalized spacial score (nSPS) is 17.0. The maximum Gasteiger partial charge on any atom is 0.270 e. The first-order valence-electron chi connectivity index (χ1n) is 10.1. The first-order valence-corrected chi connectivity index (χ1v) is 10.1. The molecule has 1 saturated heterocycles. The molecule has 5 nitrogen and oxygen atoms in total. The fourth-order valence-electron chi connectivity index (χ4n) is 4.51. The Balaban J connectivity index is 1.42. The Hall–Kier alpha value is -3.34. The Bertz CT molecular complexity index is 1160. The van der Waals surface area contributed by atoms with Crippen LogP contribution in [0.3, 0.4) is 0 Å². The maximum atomic E-state index is 13.3. The number of hydrogen-bond donors (Lipinski definition) is 1. The van der Waals surface area contributed by atoms with Gasteiger partial charge in [0.2, 0.25) is 0 Å². The van der Waals surface area contributed by atoms with Gasteiger partial charge in [-0.1, -0.05) is 48.5 Å². The second-order valence-electron chi connectivity index (χ2n) is 7.80. The van der Waals surface area contributed by atoms with E-state index in [1.54, 1.807) is 0 Å². The van der Waals surface area contributed by atoms with Gasteiger partial charge in [0, 0.05) is 48.2 Å². The fraction of sp³-hybridized carbons (Fsp3) is 0.250. The summed E-state index contributed by atoms with van der Waals surface area (Å²) >= 11 is 0. The minimum atomic E-state index is 0.106. The Morgan fingerprint density at radius 1 is 1.10 bits per heavy atom. The van der Waals surface area contributed by atoms with E-state index in [9.17, 15) is 4.79 Å². The van der Waals surface area contributed by atoms with Crippen molar-refractivity contribution in [1.29, 1.82) is 0 Å². The smallest absolute Gasteiger partial charge is 0.270 e. The van der Waals surface area contributed by atoms with Crippen LogP contribution in [0.5, 0.6) is 0 Å². The van der Waals surface area contributed by atoms with Gasteiger partial charge in [0.05, 0.1) is 6.20 Å².